The molecule has 0 saturated carbocycles. The smallest absolute Gasteiger partial charge is 0.494 e. The number of rotatable bonds is 20. The molecule has 0 aliphatic carbocycles. The lowest BCUT2D eigenvalue weighted by Crippen LogP contribution is -2.54. The molecule has 0 spiro atoms. The van der Waals surface area contributed by atoms with Gasteiger partial charge in [0.15, 0.2) is 0 Å². The van der Waals surface area contributed by atoms with Gasteiger partial charge in [-0.3, -0.25) is 0 Å². The second kappa shape index (κ2) is 19.3. The van der Waals surface area contributed by atoms with Gasteiger partial charge in [-0.1, -0.05) is 115 Å². The average molecular weight is 579 g/mol. The highest BCUT2D eigenvalue weighted by atomic mass is 16.6. The van der Waals surface area contributed by atoms with E-state index in [2.05, 4.69) is 50.2 Å². The summed E-state index contributed by atoms with van der Waals surface area (Å²) in [5, 5.41) is 0. The molecule has 2 aromatic rings. The molecule has 42 heavy (non-hydrogen) atoms. The molecule has 4 rings (SSSR count). The highest BCUT2D eigenvalue weighted by Gasteiger charge is 2.41. The third-order valence-electron chi connectivity index (χ3n) is 8.61. The van der Waals surface area contributed by atoms with Crippen LogP contribution in [0.4, 0.5) is 0 Å². The van der Waals surface area contributed by atoms with E-state index in [1.54, 1.807) is 0 Å². The van der Waals surface area contributed by atoms with Gasteiger partial charge in [0.05, 0.1) is 32.0 Å². The molecule has 2 saturated heterocycles. The Morgan fingerprint density at radius 3 is 1.71 bits per heavy atom. The Bertz CT molecular complexity index is 966. The minimum Gasteiger partial charge on any atom is -0.494 e. The first kappa shape index (κ1) is 32.9. The Morgan fingerprint density at radius 2 is 1.14 bits per heavy atom. The van der Waals surface area contributed by atoms with Crippen molar-refractivity contribution in [3.8, 4) is 11.5 Å². The normalized spacial score (nSPS) is 20.3. The van der Waals surface area contributed by atoms with E-state index in [0.717, 1.165) is 55.9 Å². The van der Waals surface area contributed by atoms with E-state index < -0.39 is 0 Å². The van der Waals surface area contributed by atoms with Gasteiger partial charge < -0.3 is 23.5 Å². The molecule has 5 nitrogen and oxygen atoms in total. The van der Waals surface area contributed by atoms with Crippen LogP contribution in [-0.4, -0.2) is 39.1 Å². The second-order valence-electron chi connectivity index (χ2n) is 12.2. The topological polar surface area (TPSA) is 46.2 Å². The van der Waals surface area contributed by atoms with Gasteiger partial charge >= 0.3 is 7.12 Å². The van der Waals surface area contributed by atoms with Crippen LogP contribution in [0.3, 0.4) is 0 Å². The highest BCUT2D eigenvalue weighted by Crippen LogP contribution is 2.35. The van der Waals surface area contributed by atoms with Crippen LogP contribution in [0.2, 0.25) is 0 Å². The molecule has 2 aromatic carbocycles. The van der Waals surface area contributed by atoms with Crippen molar-refractivity contribution in [2.24, 2.45) is 0 Å². The molecule has 0 N–H and O–H groups in total. The molecule has 2 fully saturated rings. The highest BCUT2D eigenvalue weighted by molar-refractivity contribution is 6.61. The van der Waals surface area contributed by atoms with Gasteiger partial charge in [0.1, 0.15) is 17.6 Å². The monoisotopic (exact) mass is 578 g/mol. The van der Waals surface area contributed by atoms with Crippen LogP contribution in [0.15, 0.2) is 48.5 Å². The number of ether oxygens (including phenoxy) is 3. The van der Waals surface area contributed by atoms with Crippen LogP contribution >= 0.6 is 0 Å². The molecular formula is C36H55BO5. The van der Waals surface area contributed by atoms with Gasteiger partial charge in [-0.15, -0.1) is 0 Å². The van der Waals surface area contributed by atoms with Gasteiger partial charge in [0.2, 0.25) is 0 Å². The van der Waals surface area contributed by atoms with E-state index in [1.165, 1.54) is 82.6 Å². The Kier molecular flexibility index (Phi) is 15.1. The first-order valence-electron chi connectivity index (χ1n) is 17.1. The van der Waals surface area contributed by atoms with E-state index in [1.807, 2.05) is 12.1 Å². The molecule has 0 aromatic heterocycles. The zero-order valence-corrected chi connectivity index (χ0v) is 26.4. The van der Waals surface area contributed by atoms with Crippen molar-refractivity contribution in [2.45, 2.75) is 135 Å². The fourth-order valence-electron chi connectivity index (χ4n) is 5.97. The number of fused-ring (bicyclic) bond motifs is 1. The molecule has 6 heteroatoms. The molecule has 2 aliphatic heterocycles. The van der Waals surface area contributed by atoms with Crippen molar-refractivity contribution < 1.29 is 23.5 Å². The first-order valence-corrected chi connectivity index (χ1v) is 17.1. The van der Waals surface area contributed by atoms with E-state index >= 15 is 0 Å². The lowest BCUT2D eigenvalue weighted by atomic mass is 9.76. The largest absolute Gasteiger partial charge is 0.494 e. The summed E-state index contributed by atoms with van der Waals surface area (Å²) >= 11 is 0. The Hall–Kier alpha value is -2.02. The lowest BCUT2D eigenvalue weighted by molar-refractivity contribution is -0.150. The summed E-state index contributed by atoms with van der Waals surface area (Å²) in [6, 6.07) is 16.7. The Balaban J connectivity index is 1.11. The average Bonchev–Trinajstić information content (AvgIpc) is 3.03. The van der Waals surface area contributed by atoms with Crippen molar-refractivity contribution >= 4 is 12.6 Å². The molecule has 0 amide bonds. The molecule has 0 unspecified atom stereocenters. The van der Waals surface area contributed by atoms with E-state index in [4.69, 9.17) is 23.5 Å². The number of hydrogen-bond acceptors (Lipinski definition) is 5. The van der Waals surface area contributed by atoms with Crippen LogP contribution in [-0.2, 0) is 14.0 Å². The zero-order chi connectivity index (χ0) is 29.2. The van der Waals surface area contributed by atoms with E-state index in [-0.39, 0.29) is 25.4 Å². The maximum atomic E-state index is 6.45. The summed E-state index contributed by atoms with van der Waals surface area (Å²) in [6.07, 6.45) is 20.1. The third kappa shape index (κ3) is 11.2. The zero-order valence-electron chi connectivity index (χ0n) is 26.4. The van der Waals surface area contributed by atoms with Gasteiger partial charge in [0.25, 0.3) is 0 Å². The molecule has 3 atom stereocenters. The molecule has 2 heterocycles. The van der Waals surface area contributed by atoms with Crippen LogP contribution in [0.25, 0.3) is 0 Å². The van der Waals surface area contributed by atoms with Crippen molar-refractivity contribution in [3.05, 3.63) is 54.1 Å². The molecule has 2 aliphatic rings. The van der Waals surface area contributed by atoms with Gasteiger partial charge in [-0.05, 0) is 61.0 Å². The van der Waals surface area contributed by atoms with Gasteiger partial charge in [-0.2, -0.15) is 0 Å². The minimum atomic E-state index is -0.351. The summed E-state index contributed by atoms with van der Waals surface area (Å²) < 4.78 is 30.9. The number of benzene rings is 2. The maximum absolute atomic E-state index is 6.45. The summed E-state index contributed by atoms with van der Waals surface area (Å²) in [7, 11) is -0.351. The summed E-state index contributed by atoms with van der Waals surface area (Å²) in [6.45, 7) is 6.64. The Morgan fingerprint density at radius 1 is 0.619 bits per heavy atom. The van der Waals surface area contributed by atoms with Crippen molar-refractivity contribution in [1.29, 1.82) is 0 Å². The number of unbranched alkanes of at least 4 members (excludes halogenated alkanes) is 12. The van der Waals surface area contributed by atoms with Crippen LogP contribution in [0.1, 0.15) is 128 Å². The second-order valence-corrected chi connectivity index (χ2v) is 12.2. The maximum Gasteiger partial charge on any atom is 0.494 e. The summed E-state index contributed by atoms with van der Waals surface area (Å²) in [5.41, 5.74) is 2.23. The van der Waals surface area contributed by atoms with E-state index in [0.29, 0.717) is 6.61 Å². The van der Waals surface area contributed by atoms with Crippen LogP contribution < -0.4 is 14.9 Å². The summed E-state index contributed by atoms with van der Waals surface area (Å²) in [4.78, 5) is 0. The fourth-order valence-corrected chi connectivity index (χ4v) is 5.97. The van der Waals surface area contributed by atoms with Crippen LogP contribution in [0, 0.1) is 0 Å². The van der Waals surface area contributed by atoms with Crippen molar-refractivity contribution in [1.82, 2.24) is 0 Å². The van der Waals surface area contributed by atoms with Crippen molar-refractivity contribution in [3.63, 3.8) is 0 Å². The SMILES string of the molecule is CCCCCCCCCCOc1ccc(B2OC[C@H]3O[C@@H](c4ccc(OCCCCCCCC)cc4)CC[C@@H]3O2)cc1. The van der Waals surface area contributed by atoms with Gasteiger partial charge in [0, 0.05) is 0 Å². The predicted octanol–water partition coefficient (Wildman–Crippen LogP) is 8.98. The molecule has 0 radical (unpaired) electrons. The van der Waals surface area contributed by atoms with Crippen molar-refractivity contribution in [2.75, 3.05) is 19.8 Å². The minimum absolute atomic E-state index is 0.0436. The summed E-state index contributed by atoms with van der Waals surface area (Å²) in [5.74, 6) is 1.86. The molecule has 0 bridgehead atoms. The van der Waals surface area contributed by atoms with Gasteiger partial charge in [-0.25, -0.2) is 0 Å². The quantitative estimate of drug-likeness (QED) is 0.116. The molecule has 232 valence electrons. The third-order valence-corrected chi connectivity index (χ3v) is 8.61. The van der Waals surface area contributed by atoms with E-state index in [9.17, 15) is 0 Å². The predicted molar refractivity (Wildman–Crippen MR) is 173 cm³/mol. The Labute approximate surface area is 256 Å². The number of hydrogen-bond donors (Lipinski definition) is 0. The lowest BCUT2D eigenvalue weighted by Gasteiger charge is -2.41. The first-order chi connectivity index (χ1) is 20.8. The standard InChI is InChI=1S/C36H55BO5/c1-3-5-7-9-11-12-14-16-28-39-33-23-19-31(20-24-33)37-40-29-36-35(42-37)26-25-34(41-36)30-17-21-32(22-18-30)38-27-15-13-10-8-6-4-2/h17-24,34-36H,3-16,25-29H2,1-2H3/t34-,35+,36-/m1/s1. The fraction of sp³-hybridized carbons (Fsp3) is 0.667. The molecular weight excluding hydrogens is 523 g/mol. The van der Waals surface area contributed by atoms with Crippen LogP contribution in [0.5, 0.6) is 11.5 Å².